The van der Waals surface area contributed by atoms with Gasteiger partial charge in [-0.05, 0) is 33.1 Å². The number of ether oxygens (including phenoxy) is 2. The maximum absolute atomic E-state index is 13.1. The van der Waals surface area contributed by atoms with E-state index in [1.165, 1.54) is 11.8 Å². The van der Waals surface area contributed by atoms with Crippen molar-refractivity contribution in [3.8, 4) is 0 Å². The summed E-state index contributed by atoms with van der Waals surface area (Å²) in [4.78, 5) is 39.7. The molecule has 0 unspecified atom stereocenters. The van der Waals surface area contributed by atoms with Gasteiger partial charge in [0.05, 0.1) is 19.3 Å². The van der Waals surface area contributed by atoms with E-state index in [0.717, 1.165) is 0 Å². The van der Waals surface area contributed by atoms with E-state index in [9.17, 15) is 19.5 Å². The number of carbonyl (C=O) groups is 3. The van der Waals surface area contributed by atoms with E-state index in [4.69, 9.17) is 9.47 Å². The summed E-state index contributed by atoms with van der Waals surface area (Å²) in [6.07, 6.45) is 0.298. The highest BCUT2D eigenvalue weighted by atomic mass is 16.6. The van der Waals surface area contributed by atoms with Crippen LogP contribution in [0.15, 0.2) is 0 Å². The zero-order valence-corrected chi connectivity index (χ0v) is 17.4. The second-order valence-electron chi connectivity index (χ2n) is 8.32. The quantitative estimate of drug-likeness (QED) is 0.670. The van der Waals surface area contributed by atoms with E-state index in [1.54, 1.807) is 25.7 Å². The fraction of sp³-hybridized carbons (Fsp3) is 0.842. The molecule has 0 saturated carbocycles. The molecule has 1 fully saturated rings. The number of aliphatic hydroxyl groups excluding tert-OH is 1. The van der Waals surface area contributed by atoms with Crippen molar-refractivity contribution in [1.82, 2.24) is 9.80 Å². The second-order valence-corrected chi connectivity index (χ2v) is 8.32. The van der Waals surface area contributed by atoms with Gasteiger partial charge in [-0.3, -0.25) is 14.5 Å². The first-order chi connectivity index (χ1) is 12.5. The molecule has 0 aliphatic carbocycles. The van der Waals surface area contributed by atoms with Crippen molar-refractivity contribution in [2.24, 2.45) is 5.92 Å². The smallest absolute Gasteiger partial charge is 0.411 e. The van der Waals surface area contributed by atoms with Crippen LogP contribution in [-0.4, -0.2) is 76.9 Å². The fourth-order valence-electron chi connectivity index (χ4n) is 3.15. The van der Waals surface area contributed by atoms with Crippen LogP contribution in [0.25, 0.3) is 0 Å². The Bertz CT molecular complexity index is 529. The molecule has 0 spiro atoms. The molecule has 0 aromatic rings. The molecule has 1 rings (SSSR count). The van der Waals surface area contributed by atoms with Crippen LogP contribution in [0.1, 0.15) is 54.4 Å². The van der Waals surface area contributed by atoms with E-state index in [0.29, 0.717) is 25.4 Å². The Morgan fingerprint density at radius 3 is 2.37 bits per heavy atom. The molecule has 1 saturated heterocycles. The number of hydrogen-bond donors (Lipinski definition) is 1. The Labute approximate surface area is 161 Å². The lowest BCUT2D eigenvalue weighted by Crippen LogP contribution is -2.62. The number of piperazine rings is 1. The van der Waals surface area contributed by atoms with Crippen LogP contribution < -0.4 is 0 Å². The molecular formula is C19H34N2O6. The van der Waals surface area contributed by atoms with E-state index in [2.05, 4.69) is 0 Å². The number of carbonyl (C=O) groups excluding carboxylic acids is 3. The first-order valence-corrected chi connectivity index (χ1v) is 9.50. The molecule has 1 N–H and O–H groups in total. The summed E-state index contributed by atoms with van der Waals surface area (Å²) >= 11 is 0. The highest BCUT2D eigenvalue weighted by Crippen LogP contribution is 2.22. The van der Waals surface area contributed by atoms with Crippen LogP contribution in [0.4, 0.5) is 4.79 Å². The zero-order valence-electron chi connectivity index (χ0n) is 17.4. The molecule has 1 heterocycles. The maximum atomic E-state index is 13.1. The molecule has 2 amide bonds. The molecule has 8 nitrogen and oxygen atoms in total. The molecule has 8 heteroatoms. The summed E-state index contributed by atoms with van der Waals surface area (Å²) in [5, 5.41) is 9.74. The van der Waals surface area contributed by atoms with Crippen LogP contribution in [-0.2, 0) is 19.1 Å². The predicted octanol–water partition coefficient (Wildman–Crippen LogP) is 1.79. The second kappa shape index (κ2) is 9.92. The number of rotatable bonds is 7. The van der Waals surface area contributed by atoms with Crippen molar-refractivity contribution in [3.05, 3.63) is 0 Å². The van der Waals surface area contributed by atoms with Gasteiger partial charge in [-0.2, -0.15) is 0 Å². The summed E-state index contributed by atoms with van der Waals surface area (Å²) < 4.78 is 10.4. The van der Waals surface area contributed by atoms with Crippen LogP contribution in [0.2, 0.25) is 0 Å². The molecule has 1 aliphatic rings. The standard InChI is InChI=1S/C19H34N2O6/c1-13(2)11-15(12-22)20-8-9-21(18(25)27-19(4,5)6)16(17(20)24)7-10-26-14(3)23/h13,15-16,22H,7-12H2,1-6H3/t15-,16+/m1/s1. The molecule has 0 aromatic heterocycles. The predicted molar refractivity (Wildman–Crippen MR) is 100 cm³/mol. The van der Waals surface area contributed by atoms with Crippen molar-refractivity contribution in [2.75, 3.05) is 26.3 Å². The summed E-state index contributed by atoms with van der Waals surface area (Å²) in [6, 6.07) is -1.08. The third-order valence-corrected chi connectivity index (χ3v) is 4.25. The van der Waals surface area contributed by atoms with Gasteiger partial charge in [0.15, 0.2) is 0 Å². The Hall–Kier alpha value is -1.83. The van der Waals surface area contributed by atoms with E-state index in [-0.39, 0.29) is 31.6 Å². The van der Waals surface area contributed by atoms with Gasteiger partial charge in [0.1, 0.15) is 11.6 Å². The van der Waals surface area contributed by atoms with Crippen LogP contribution in [0.3, 0.4) is 0 Å². The van der Waals surface area contributed by atoms with Crippen molar-refractivity contribution in [1.29, 1.82) is 0 Å². The SMILES string of the molecule is CC(=O)OCC[C@H]1C(=O)N([C@@H](CO)CC(C)C)CCN1C(=O)OC(C)(C)C. The minimum absolute atomic E-state index is 0.0346. The number of aliphatic hydroxyl groups is 1. The average molecular weight is 386 g/mol. The Balaban J connectivity index is 2.97. The minimum atomic E-state index is -0.783. The van der Waals surface area contributed by atoms with Crippen molar-refractivity contribution in [2.45, 2.75) is 72.1 Å². The normalized spacial score (nSPS) is 19.3. The highest BCUT2D eigenvalue weighted by Gasteiger charge is 2.41. The lowest BCUT2D eigenvalue weighted by Gasteiger charge is -2.43. The Morgan fingerprint density at radius 2 is 1.89 bits per heavy atom. The first kappa shape index (κ1) is 23.2. The third-order valence-electron chi connectivity index (χ3n) is 4.25. The van der Waals surface area contributed by atoms with Crippen molar-refractivity contribution >= 4 is 18.0 Å². The lowest BCUT2D eigenvalue weighted by atomic mass is 9.99. The van der Waals surface area contributed by atoms with Crippen LogP contribution >= 0.6 is 0 Å². The fourth-order valence-corrected chi connectivity index (χ4v) is 3.15. The maximum Gasteiger partial charge on any atom is 0.411 e. The van der Waals surface area contributed by atoms with Crippen molar-refractivity contribution < 1.29 is 29.0 Å². The van der Waals surface area contributed by atoms with Gasteiger partial charge in [0, 0.05) is 26.4 Å². The molecule has 0 aromatic carbocycles. The average Bonchev–Trinajstić information content (AvgIpc) is 2.52. The first-order valence-electron chi connectivity index (χ1n) is 9.50. The number of nitrogens with zero attached hydrogens (tertiary/aromatic N) is 2. The van der Waals surface area contributed by atoms with Gasteiger partial charge < -0.3 is 19.5 Å². The molecule has 0 radical (unpaired) electrons. The van der Waals surface area contributed by atoms with Crippen molar-refractivity contribution in [3.63, 3.8) is 0 Å². The topological polar surface area (TPSA) is 96.4 Å². The summed E-state index contributed by atoms with van der Waals surface area (Å²) in [5.74, 6) is -0.371. The largest absolute Gasteiger partial charge is 0.466 e. The van der Waals surface area contributed by atoms with Gasteiger partial charge in [0.2, 0.25) is 5.91 Å². The lowest BCUT2D eigenvalue weighted by molar-refractivity contribution is -0.149. The monoisotopic (exact) mass is 386 g/mol. The van der Waals surface area contributed by atoms with E-state index < -0.39 is 23.7 Å². The van der Waals surface area contributed by atoms with E-state index >= 15 is 0 Å². The van der Waals surface area contributed by atoms with Crippen LogP contribution in [0, 0.1) is 5.92 Å². The molecule has 27 heavy (non-hydrogen) atoms. The summed E-state index contributed by atoms with van der Waals surface area (Å²) in [7, 11) is 0. The van der Waals surface area contributed by atoms with Gasteiger partial charge >= 0.3 is 12.1 Å². The van der Waals surface area contributed by atoms with Gasteiger partial charge in [0.25, 0.3) is 0 Å². The van der Waals surface area contributed by atoms with Gasteiger partial charge in [-0.25, -0.2) is 4.79 Å². The zero-order chi connectivity index (χ0) is 20.8. The minimum Gasteiger partial charge on any atom is -0.466 e. The summed E-state index contributed by atoms with van der Waals surface area (Å²) in [5.41, 5.74) is -0.678. The molecular weight excluding hydrogens is 352 g/mol. The number of amides is 2. The molecule has 156 valence electrons. The molecule has 1 aliphatic heterocycles. The Morgan fingerprint density at radius 1 is 1.26 bits per heavy atom. The molecule has 0 bridgehead atoms. The van der Waals surface area contributed by atoms with Gasteiger partial charge in [-0.15, -0.1) is 0 Å². The molecule has 2 atom stereocenters. The Kier molecular flexibility index (Phi) is 8.53. The van der Waals surface area contributed by atoms with E-state index in [1.807, 2.05) is 13.8 Å². The highest BCUT2D eigenvalue weighted by molar-refractivity contribution is 5.87. The number of hydrogen-bond acceptors (Lipinski definition) is 6. The third kappa shape index (κ3) is 7.36. The van der Waals surface area contributed by atoms with Gasteiger partial charge in [-0.1, -0.05) is 13.8 Å². The number of esters is 1. The van der Waals surface area contributed by atoms with Crippen LogP contribution in [0.5, 0.6) is 0 Å². The summed E-state index contributed by atoms with van der Waals surface area (Å²) in [6.45, 7) is 11.2.